The van der Waals surface area contributed by atoms with Crippen LogP contribution in [-0.2, 0) is 11.2 Å². The first-order chi connectivity index (χ1) is 11.7. The molecule has 7 heteroatoms. The van der Waals surface area contributed by atoms with Crippen molar-refractivity contribution in [1.82, 2.24) is 15.1 Å². The molecule has 1 amide bonds. The Morgan fingerprint density at radius 1 is 1.33 bits per heavy atom. The minimum Gasteiger partial charge on any atom is -0.342 e. The van der Waals surface area contributed by atoms with Crippen LogP contribution in [0.15, 0.2) is 28.6 Å². The number of carbonyl (C=O) groups is 1. The summed E-state index contributed by atoms with van der Waals surface area (Å²) in [5.41, 5.74) is 2.31. The highest BCUT2D eigenvalue weighted by Crippen LogP contribution is 2.32. The molecule has 1 saturated heterocycles. The first kappa shape index (κ1) is 17.2. The number of aromatic nitrogens is 2. The van der Waals surface area contributed by atoms with Crippen LogP contribution in [0.4, 0.5) is 10.8 Å². The van der Waals surface area contributed by atoms with Gasteiger partial charge in [-0.15, -0.1) is 10.2 Å². The van der Waals surface area contributed by atoms with Gasteiger partial charge in [-0.25, -0.2) is 0 Å². The molecule has 0 saturated carbocycles. The van der Waals surface area contributed by atoms with Crippen molar-refractivity contribution in [3.63, 3.8) is 0 Å². The van der Waals surface area contributed by atoms with E-state index < -0.39 is 0 Å². The number of nitrogens with zero attached hydrogens (tertiary/aromatic N) is 3. The second-order valence-electron chi connectivity index (χ2n) is 5.80. The fraction of sp³-hybridized carbons (Fsp3) is 0.471. The third kappa shape index (κ3) is 4.08. The van der Waals surface area contributed by atoms with Crippen LogP contribution < -0.4 is 5.32 Å². The summed E-state index contributed by atoms with van der Waals surface area (Å²) < 4.78 is 0.825. The van der Waals surface area contributed by atoms with E-state index in [9.17, 15) is 4.79 Å². The van der Waals surface area contributed by atoms with Crippen LogP contribution in [0.1, 0.15) is 32.3 Å². The number of amides is 1. The zero-order chi connectivity index (χ0) is 16.9. The molecule has 0 spiro atoms. The van der Waals surface area contributed by atoms with Crippen molar-refractivity contribution < 1.29 is 4.79 Å². The van der Waals surface area contributed by atoms with E-state index in [0.29, 0.717) is 0 Å². The van der Waals surface area contributed by atoms with Crippen LogP contribution in [0, 0.1) is 0 Å². The topological polar surface area (TPSA) is 58.1 Å². The molecule has 0 unspecified atom stereocenters. The minimum absolute atomic E-state index is 0.119. The Bertz CT molecular complexity index is 697. The fourth-order valence-corrected chi connectivity index (χ4v) is 4.76. The Kier molecular flexibility index (Phi) is 5.73. The highest BCUT2D eigenvalue weighted by Gasteiger charge is 2.25. The number of rotatable bonds is 6. The van der Waals surface area contributed by atoms with Crippen LogP contribution in [-0.4, -0.2) is 39.3 Å². The van der Waals surface area contributed by atoms with Gasteiger partial charge in [-0.05, 0) is 37.8 Å². The summed E-state index contributed by atoms with van der Waals surface area (Å²) in [5.74, 6) is 0.207. The average Bonchev–Trinajstić information content (AvgIpc) is 3.27. The molecule has 1 aliphatic heterocycles. The Balaban J connectivity index is 1.62. The monoisotopic (exact) mass is 362 g/mol. The summed E-state index contributed by atoms with van der Waals surface area (Å²) in [6.07, 6.45) is 3.20. The van der Waals surface area contributed by atoms with E-state index in [2.05, 4.69) is 28.5 Å². The summed E-state index contributed by atoms with van der Waals surface area (Å²) in [7, 11) is 0. The number of likely N-dealkylation sites (tertiary alicyclic amines) is 1. The van der Waals surface area contributed by atoms with Gasteiger partial charge in [0.2, 0.25) is 11.0 Å². The molecule has 1 aromatic heterocycles. The van der Waals surface area contributed by atoms with Crippen molar-refractivity contribution in [1.29, 1.82) is 0 Å². The minimum atomic E-state index is -0.119. The number of thioether (sulfide) groups is 1. The first-order valence-electron chi connectivity index (χ1n) is 8.31. The maximum absolute atomic E-state index is 12.4. The lowest BCUT2D eigenvalue weighted by molar-refractivity contribution is -0.129. The third-order valence-electron chi connectivity index (χ3n) is 4.09. The second-order valence-corrected chi connectivity index (χ2v) is 8.37. The van der Waals surface area contributed by atoms with Gasteiger partial charge in [0.05, 0.1) is 5.25 Å². The highest BCUT2D eigenvalue weighted by atomic mass is 32.2. The largest absolute Gasteiger partial charge is 0.342 e. The van der Waals surface area contributed by atoms with Gasteiger partial charge in [0, 0.05) is 18.8 Å². The quantitative estimate of drug-likeness (QED) is 0.789. The van der Waals surface area contributed by atoms with E-state index in [4.69, 9.17) is 0 Å². The van der Waals surface area contributed by atoms with E-state index in [1.54, 1.807) is 0 Å². The maximum Gasteiger partial charge on any atom is 0.235 e. The van der Waals surface area contributed by atoms with Crippen molar-refractivity contribution in [2.45, 2.75) is 42.7 Å². The van der Waals surface area contributed by atoms with Crippen molar-refractivity contribution in [3.8, 4) is 0 Å². The number of hydrogen-bond acceptors (Lipinski definition) is 6. The zero-order valence-corrected chi connectivity index (χ0v) is 15.6. The van der Waals surface area contributed by atoms with Crippen molar-refractivity contribution >= 4 is 39.8 Å². The Morgan fingerprint density at radius 2 is 2.08 bits per heavy atom. The molecule has 1 atom stereocenters. The lowest BCUT2D eigenvalue weighted by Crippen LogP contribution is -2.33. The Hall–Kier alpha value is -1.60. The van der Waals surface area contributed by atoms with Gasteiger partial charge in [0.1, 0.15) is 0 Å². The predicted octanol–water partition coefficient (Wildman–Crippen LogP) is 3.95. The molecule has 2 heterocycles. The number of hydrogen-bond donors (Lipinski definition) is 1. The van der Waals surface area contributed by atoms with Gasteiger partial charge in [-0.3, -0.25) is 4.79 Å². The van der Waals surface area contributed by atoms with Crippen LogP contribution in [0.25, 0.3) is 0 Å². The molecule has 24 heavy (non-hydrogen) atoms. The smallest absolute Gasteiger partial charge is 0.235 e. The molecule has 1 aromatic carbocycles. The first-order valence-corrected chi connectivity index (χ1v) is 10.0. The van der Waals surface area contributed by atoms with E-state index in [0.717, 1.165) is 47.5 Å². The number of carbonyl (C=O) groups excluding carboxylic acids is 1. The van der Waals surface area contributed by atoms with E-state index in [1.165, 1.54) is 28.7 Å². The average molecular weight is 363 g/mol. The second kappa shape index (κ2) is 7.98. The molecular formula is C17H22N4OS2. The Morgan fingerprint density at radius 3 is 2.83 bits per heavy atom. The van der Waals surface area contributed by atoms with Crippen molar-refractivity contribution in [2.24, 2.45) is 0 Å². The molecule has 0 radical (unpaired) electrons. The van der Waals surface area contributed by atoms with E-state index in [1.807, 2.05) is 30.0 Å². The summed E-state index contributed by atoms with van der Waals surface area (Å²) in [6.45, 7) is 5.86. The number of anilines is 2. The van der Waals surface area contributed by atoms with E-state index >= 15 is 0 Å². The van der Waals surface area contributed by atoms with Gasteiger partial charge < -0.3 is 10.2 Å². The molecule has 1 fully saturated rings. The van der Waals surface area contributed by atoms with Gasteiger partial charge >= 0.3 is 0 Å². The molecule has 0 aliphatic carbocycles. The van der Waals surface area contributed by atoms with Crippen molar-refractivity contribution in [2.75, 3.05) is 18.4 Å². The molecule has 1 N–H and O–H groups in total. The SMILES string of the molecule is CCc1ccccc1Nc1nnc(S[C@H](C)C(=O)N2CCCC2)s1. The molecule has 3 rings (SSSR count). The van der Waals surface area contributed by atoms with Crippen LogP contribution in [0.5, 0.6) is 0 Å². The molecule has 2 aromatic rings. The maximum atomic E-state index is 12.4. The number of nitrogens with one attached hydrogen (secondary N) is 1. The normalized spacial score (nSPS) is 15.5. The fourth-order valence-electron chi connectivity index (χ4n) is 2.77. The van der Waals surface area contributed by atoms with Gasteiger partial charge in [0.15, 0.2) is 4.34 Å². The lowest BCUT2D eigenvalue weighted by Gasteiger charge is -2.18. The van der Waals surface area contributed by atoms with Gasteiger partial charge in [-0.2, -0.15) is 0 Å². The number of aryl methyl sites for hydroxylation is 1. The van der Waals surface area contributed by atoms with Crippen LogP contribution in [0.2, 0.25) is 0 Å². The summed E-state index contributed by atoms with van der Waals surface area (Å²) in [5, 5.41) is 12.4. The Labute approximate surface area is 150 Å². The van der Waals surface area contributed by atoms with Crippen molar-refractivity contribution in [3.05, 3.63) is 29.8 Å². The van der Waals surface area contributed by atoms with Gasteiger partial charge in [0.25, 0.3) is 0 Å². The molecule has 128 valence electrons. The van der Waals surface area contributed by atoms with E-state index in [-0.39, 0.29) is 11.2 Å². The predicted molar refractivity (Wildman–Crippen MR) is 100 cm³/mol. The third-order valence-corrected chi connectivity index (χ3v) is 6.10. The zero-order valence-electron chi connectivity index (χ0n) is 14.0. The van der Waals surface area contributed by atoms with Crippen LogP contribution in [0.3, 0.4) is 0 Å². The van der Waals surface area contributed by atoms with Gasteiger partial charge in [-0.1, -0.05) is 48.2 Å². The summed E-state index contributed by atoms with van der Waals surface area (Å²) >= 11 is 2.99. The molecule has 1 aliphatic rings. The number of benzene rings is 1. The summed E-state index contributed by atoms with van der Waals surface area (Å²) in [6, 6.07) is 8.20. The lowest BCUT2D eigenvalue weighted by atomic mass is 10.1. The molecule has 0 bridgehead atoms. The molecular weight excluding hydrogens is 340 g/mol. The standard InChI is InChI=1S/C17H22N4OS2/c1-3-13-8-4-5-9-14(13)18-16-19-20-17(24-16)23-12(2)15(22)21-10-6-7-11-21/h4-5,8-9,12H,3,6-7,10-11H2,1-2H3,(H,18,19)/t12-/m1/s1. The van der Waals surface area contributed by atoms with Crippen LogP contribution >= 0.6 is 23.1 Å². The highest BCUT2D eigenvalue weighted by molar-refractivity contribution is 8.02. The summed E-state index contributed by atoms with van der Waals surface area (Å²) in [4.78, 5) is 14.3. The number of para-hydroxylation sites is 1. The molecule has 5 nitrogen and oxygen atoms in total.